The number of ether oxygens (including phenoxy) is 1. The lowest BCUT2D eigenvalue weighted by molar-refractivity contribution is -0.121. The van der Waals surface area contributed by atoms with Gasteiger partial charge in [0.1, 0.15) is 18.1 Å². The van der Waals surface area contributed by atoms with Gasteiger partial charge in [-0.1, -0.05) is 18.2 Å². The van der Waals surface area contributed by atoms with Crippen molar-refractivity contribution in [2.75, 3.05) is 7.11 Å². The minimum absolute atomic E-state index is 0.202. The van der Waals surface area contributed by atoms with Crippen molar-refractivity contribution in [2.24, 2.45) is 0 Å². The Morgan fingerprint density at radius 2 is 1.90 bits per heavy atom. The second-order valence-electron chi connectivity index (χ2n) is 6.58. The van der Waals surface area contributed by atoms with E-state index < -0.39 is 11.2 Å². The minimum atomic E-state index is -0.611. The van der Waals surface area contributed by atoms with Gasteiger partial charge in [0.15, 0.2) is 0 Å². The van der Waals surface area contributed by atoms with E-state index in [0.717, 1.165) is 4.57 Å². The minimum Gasteiger partial charge on any atom is -0.497 e. The molecular weight excluding hydrogens is 386 g/mol. The fraction of sp³-hybridized carbons (Fsp3) is 0.136. The summed E-state index contributed by atoms with van der Waals surface area (Å²) in [6.07, 6.45) is 1.52. The van der Waals surface area contributed by atoms with Crippen LogP contribution in [0, 0.1) is 0 Å². The number of hydrogen-bond acceptors (Lipinski definition) is 5. The van der Waals surface area contributed by atoms with Gasteiger partial charge in [-0.15, -0.1) is 0 Å². The number of hydrogen-bond donors (Lipinski definition) is 1. The van der Waals surface area contributed by atoms with Gasteiger partial charge in [0, 0.05) is 6.07 Å². The molecule has 1 amide bonds. The van der Waals surface area contributed by atoms with E-state index in [1.807, 2.05) is 0 Å². The van der Waals surface area contributed by atoms with Crippen LogP contribution in [0.5, 0.6) is 5.75 Å². The highest BCUT2D eigenvalue weighted by molar-refractivity contribution is 5.81. The third-order valence-electron chi connectivity index (χ3n) is 4.70. The van der Waals surface area contributed by atoms with Crippen LogP contribution >= 0.6 is 0 Å². The zero-order chi connectivity index (χ0) is 21.1. The van der Waals surface area contributed by atoms with Crippen LogP contribution in [0.1, 0.15) is 5.76 Å². The molecule has 8 heteroatoms. The van der Waals surface area contributed by atoms with E-state index >= 15 is 0 Å². The third-order valence-corrected chi connectivity index (χ3v) is 4.70. The molecule has 0 saturated heterocycles. The zero-order valence-corrected chi connectivity index (χ0v) is 16.2. The standard InChI is InChI=1S/C22H19N3O5/c1-29-16-7-4-6-15(12-16)25-21(27)18-9-2-3-10-19(18)24(22(25)28)14-20(26)23-13-17-8-5-11-30-17/h2-12H,13-14H2,1H3,(H,23,26). The lowest BCUT2D eigenvalue weighted by atomic mass is 10.2. The van der Waals surface area contributed by atoms with Crippen LogP contribution in [-0.2, 0) is 17.9 Å². The van der Waals surface area contributed by atoms with Crippen LogP contribution in [0.15, 0.2) is 80.9 Å². The van der Waals surface area contributed by atoms with E-state index in [1.165, 1.54) is 17.9 Å². The first-order chi connectivity index (χ1) is 14.6. The molecule has 2 heterocycles. The molecule has 4 aromatic rings. The summed E-state index contributed by atoms with van der Waals surface area (Å²) in [5.41, 5.74) is -0.323. The summed E-state index contributed by atoms with van der Waals surface area (Å²) in [5.74, 6) is 0.728. The maximum Gasteiger partial charge on any atom is 0.336 e. The normalized spacial score (nSPS) is 10.8. The highest BCUT2D eigenvalue weighted by atomic mass is 16.5. The van der Waals surface area contributed by atoms with Gasteiger partial charge in [0.05, 0.1) is 36.5 Å². The lowest BCUT2D eigenvalue weighted by Gasteiger charge is -2.14. The van der Waals surface area contributed by atoms with Crippen LogP contribution < -0.4 is 21.3 Å². The zero-order valence-electron chi connectivity index (χ0n) is 16.2. The molecule has 0 saturated carbocycles. The van der Waals surface area contributed by atoms with Gasteiger partial charge in [-0.25, -0.2) is 9.36 Å². The molecule has 0 aliphatic carbocycles. The fourth-order valence-corrected chi connectivity index (χ4v) is 3.25. The monoisotopic (exact) mass is 405 g/mol. The van der Waals surface area contributed by atoms with E-state index in [1.54, 1.807) is 60.7 Å². The SMILES string of the molecule is COc1cccc(-n2c(=O)c3ccccc3n(CC(=O)NCc3ccco3)c2=O)c1. The van der Waals surface area contributed by atoms with Crippen molar-refractivity contribution in [3.05, 3.63) is 93.5 Å². The molecule has 0 aliphatic heterocycles. The number of carbonyl (C=O) groups excluding carboxylic acids is 1. The van der Waals surface area contributed by atoms with Gasteiger partial charge in [-0.3, -0.25) is 14.2 Å². The first-order valence-electron chi connectivity index (χ1n) is 9.26. The van der Waals surface area contributed by atoms with Crippen molar-refractivity contribution in [2.45, 2.75) is 13.1 Å². The summed E-state index contributed by atoms with van der Waals surface area (Å²) in [7, 11) is 1.50. The Labute approximate surface area is 170 Å². The number of methoxy groups -OCH3 is 1. The number of nitrogens with zero attached hydrogens (tertiary/aromatic N) is 2. The molecule has 4 rings (SSSR count). The summed E-state index contributed by atoms with van der Waals surface area (Å²) in [5, 5.41) is 3.05. The Kier molecular flexibility index (Phi) is 5.21. The number of rotatable bonds is 6. The molecule has 0 fully saturated rings. The Balaban J connectivity index is 1.79. The Morgan fingerprint density at radius 3 is 2.67 bits per heavy atom. The third kappa shape index (κ3) is 3.62. The molecule has 2 aromatic carbocycles. The van der Waals surface area contributed by atoms with Crippen LogP contribution in [0.25, 0.3) is 16.6 Å². The van der Waals surface area contributed by atoms with E-state index in [2.05, 4.69) is 5.32 Å². The molecule has 2 aromatic heterocycles. The number of amides is 1. The van der Waals surface area contributed by atoms with Crippen LogP contribution in [0.2, 0.25) is 0 Å². The Bertz CT molecular complexity index is 1320. The Morgan fingerprint density at radius 1 is 1.07 bits per heavy atom. The number of carbonyl (C=O) groups is 1. The average Bonchev–Trinajstić information content (AvgIpc) is 3.29. The smallest absolute Gasteiger partial charge is 0.336 e. The van der Waals surface area contributed by atoms with Gasteiger partial charge in [-0.2, -0.15) is 0 Å². The molecule has 0 aliphatic rings. The molecule has 0 atom stereocenters. The number of aromatic nitrogens is 2. The fourth-order valence-electron chi connectivity index (χ4n) is 3.25. The van der Waals surface area contributed by atoms with Gasteiger partial charge >= 0.3 is 5.69 Å². The summed E-state index contributed by atoms with van der Waals surface area (Å²) in [4.78, 5) is 38.8. The predicted octanol–water partition coefficient (Wildman–Crippen LogP) is 2.07. The number of fused-ring (bicyclic) bond motifs is 1. The molecule has 0 radical (unpaired) electrons. The highest BCUT2D eigenvalue weighted by Gasteiger charge is 2.16. The number of benzene rings is 2. The van der Waals surface area contributed by atoms with Gasteiger partial charge in [-0.05, 0) is 36.4 Å². The highest BCUT2D eigenvalue weighted by Crippen LogP contribution is 2.15. The van der Waals surface area contributed by atoms with Crippen molar-refractivity contribution in [3.63, 3.8) is 0 Å². The van der Waals surface area contributed by atoms with E-state index in [-0.39, 0.29) is 19.0 Å². The average molecular weight is 405 g/mol. The van der Waals surface area contributed by atoms with Crippen molar-refractivity contribution in [1.29, 1.82) is 0 Å². The van der Waals surface area contributed by atoms with Crippen molar-refractivity contribution in [1.82, 2.24) is 14.5 Å². The van der Waals surface area contributed by atoms with E-state index in [9.17, 15) is 14.4 Å². The molecule has 30 heavy (non-hydrogen) atoms. The van der Waals surface area contributed by atoms with Crippen molar-refractivity contribution >= 4 is 16.8 Å². The summed E-state index contributed by atoms with van der Waals surface area (Å²) >= 11 is 0. The topological polar surface area (TPSA) is 95.5 Å². The molecular formula is C22H19N3O5. The first kappa shape index (κ1) is 19.3. The van der Waals surface area contributed by atoms with Crippen molar-refractivity contribution < 1.29 is 13.9 Å². The number of para-hydroxylation sites is 1. The Hall–Kier alpha value is -4.07. The predicted molar refractivity (Wildman–Crippen MR) is 111 cm³/mol. The van der Waals surface area contributed by atoms with Crippen molar-refractivity contribution in [3.8, 4) is 11.4 Å². The number of furan rings is 1. The molecule has 0 bridgehead atoms. The van der Waals surface area contributed by atoms with Gasteiger partial charge in [0.25, 0.3) is 5.56 Å². The first-order valence-corrected chi connectivity index (χ1v) is 9.26. The molecule has 0 spiro atoms. The van der Waals surface area contributed by atoms with Crippen LogP contribution in [0.4, 0.5) is 0 Å². The van der Waals surface area contributed by atoms with Gasteiger partial charge < -0.3 is 14.5 Å². The maximum atomic E-state index is 13.3. The number of nitrogens with one attached hydrogen (secondary N) is 1. The van der Waals surface area contributed by atoms with Crippen LogP contribution in [0.3, 0.4) is 0 Å². The summed E-state index contributed by atoms with van der Waals surface area (Å²) in [6.45, 7) is -0.0433. The molecule has 152 valence electrons. The molecule has 0 unspecified atom stereocenters. The van der Waals surface area contributed by atoms with Gasteiger partial charge in [0.2, 0.25) is 5.91 Å². The molecule has 8 nitrogen and oxygen atoms in total. The summed E-state index contributed by atoms with van der Waals surface area (Å²) < 4.78 is 12.7. The quantitative estimate of drug-likeness (QED) is 0.530. The van der Waals surface area contributed by atoms with E-state index in [0.29, 0.717) is 28.1 Å². The second-order valence-corrected chi connectivity index (χ2v) is 6.58. The van der Waals surface area contributed by atoms with Crippen LogP contribution in [-0.4, -0.2) is 22.2 Å². The maximum absolute atomic E-state index is 13.3. The van der Waals surface area contributed by atoms with E-state index in [4.69, 9.17) is 9.15 Å². The lowest BCUT2D eigenvalue weighted by Crippen LogP contribution is -2.41. The largest absolute Gasteiger partial charge is 0.497 e. The molecule has 1 N–H and O–H groups in total. The second kappa shape index (κ2) is 8.12. The summed E-state index contributed by atoms with van der Waals surface area (Å²) in [6, 6.07) is 16.8.